The van der Waals surface area contributed by atoms with Gasteiger partial charge in [0, 0.05) is 24.3 Å². The van der Waals surface area contributed by atoms with Crippen molar-refractivity contribution in [3.63, 3.8) is 0 Å². The van der Waals surface area contributed by atoms with E-state index in [0.717, 1.165) is 18.4 Å². The smallest absolute Gasteiger partial charge is 0.333 e. The molecule has 0 aliphatic heterocycles. The van der Waals surface area contributed by atoms with Gasteiger partial charge in [-0.15, -0.1) is 0 Å². The van der Waals surface area contributed by atoms with E-state index in [0.29, 0.717) is 6.42 Å². The monoisotopic (exact) mass is 386 g/mol. The number of hydrogen-bond donors (Lipinski definition) is 1. The lowest BCUT2D eigenvalue weighted by molar-refractivity contribution is -0.162. The first-order chi connectivity index (χ1) is 14.2. The molecule has 3 nitrogen and oxygen atoms in total. The number of ether oxygens (including phenoxy) is 1. The van der Waals surface area contributed by atoms with Gasteiger partial charge in [0.05, 0.1) is 0 Å². The molecule has 0 amide bonds. The van der Waals surface area contributed by atoms with E-state index in [1.165, 1.54) is 22.3 Å². The van der Waals surface area contributed by atoms with E-state index in [9.17, 15) is 9.90 Å². The lowest BCUT2D eigenvalue weighted by Crippen LogP contribution is -2.17. The van der Waals surface area contributed by atoms with Crippen LogP contribution < -0.4 is 0 Å². The number of aliphatic hydroxyl groups is 1. The molecular formula is C26H26O3. The Hall–Kier alpha value is -2.91. The third-order valence-corrected chi connectivity index (χ3v) is 5.66. The number of unbranched alkanes of at least 4 members (excludes halogenated alkanes) is 1. The third kappa shape index (κ3) is 4.10. The molecule has 0 aromatic heterocycles. The van der Waals surface area contributed by atoms with Gasteiger partial charge in [-0.05, 0) is 34.2 Å². The van der Waals surface area contributed by atoms with Crippen molar-refractivity contribution in [3.05, 3.63) is 94.6 Å². The largest absolute Gasteiger partial charge is 0.433 e. The van der Waals surface area contributed by atoms with Crippen LogP contribution in [0.1, 0.15) is 60.3 Å². The lowest BCUT2D eigenvalue weighted by Gasteiger charge is -2.22. The molecule has 2 aromatic carbocycles. The first kappa shape index (κ1) is 19.4. The van der Waals surface area contributed by atoms with Crippen LogP contribution in [0, 0.1) is 0 Å². The van der Waals surface area contributed by atoms with Gasteiger partial charge in [-0.1, -0.05) is 86.2 Å². The Morgan fingerprint density at radius 2 is 1.55 bits per heavy atom. The van der Waals surface area contributed by atoms with E-state index in [1.807, 2.05) is 31.2 Å². The summed E-state index contributed by atoms with van der Waals surface area (Å²) in [7, 11) is 0. The third-order valence-electron chi connectivity index (χ3n) is 5.66. The van der Waals surface area contributed by atoms with E-state index < -0.39 is 12.3 Å². The minimum Gasteiger partial charge on any atom is -0.433 e. The molecule has 0 heterocycles. The maximum atomic E-state index is 12.7. The average molecular weight is 386 g/mol. The molecular weight excluding hydrogens is 360 g/mol. The summed E-state index contributed by atoms with van der Waals surface area (Å²) in [6.07, 6.45) is 11.3. The van der Waals surface area contributed by atoms with Gasteiger partial charge in [0.1, 0.15) is 0 Å². The minimum absolute atomic E-state index is 0.00680. The summed E-state index contributed by atoms with van der Waals surface area (Å²) in [5, 5.41) is 10.0. The molecule has 2 aromatic rings. The molecule has 1 N–H and O–H groups in total. The number of rotatable bonds is 7. The lowest BCUT2D eigenvalue weighted by atomic mass is 9.81. The van der Waals surface area contributed by atoms with Gasteiger partial charge >= 0.3 is 5.97 Å². The number of esters is 1. The molecule has 0 spiro atoms. The molecule has 3 atom stereocenters. The summed E-state index contributed by atoms with van der Waals surface area (Å²) < 4.78 is 5.27. The molecule has 0 saturated heterocycles. The van der Waals surface area contributed by atoms with E-state index in [2.05, 4.69) is 48.6 Å². The van der Waals surface area contributed by atoms with Gasteiger partial charge in [-0.25, -0.2) is 4.79 Å². The average Bonchev–Trinajstić information content (AvgIpc) is 3.35. The summed E-state index contributed by atoms with van der Waals surface area (Å²) in [5.74, 6) is -0.473. The molecule has 0 fully saturated rings. The first-order valence-corrected chi connectivity index (χ1v) is 10.3. The van der Waals surface area contributed by atoms with Crippen LogP contribution in [-0.2, 0) is 9.53 Å². The van der Waals surface area contributed by atoms with Crippen LogP contribution in [-0.4, -0.2) is 17.4 Å². The predicted octanol–water partition coefficient (Wildman–Crippen LogP) is 5.59. The van der Waals surface area contributed by atoms with Crippen molar-refractivity contribution in [1.29, 1.82) is 0 Å². The highest BCUT2D eigenvalue weighted by Gasteiger charge is 2.30. The van der Waals surface area contributed by atoms with E-state index in [4.69, 9.17) is 4.74 Å². The summed E-state index contributed by atoms with van der Waals surface area (Å²) in [5.41, 5.74) is 5.71. The number of allylic oxidation sites excluding steroid dienone is 3. The van der Waals surface area contributed by atoms with Crippen LogP contribution in [0.3, 0.4) is 0 Å². The number of fused-ring (bicyclic) bond motifs is 2. The van der Waals surface area contributed by atoms with Crippen molar-refractivity contribution >= 4 is 18.1 Å². The van der Waals surface area contributed by atoms with Crippen LogP contribution in [0.25, 0.3) is 12.2 Å². The predicted molar refractivity (Wildman–Crippen MR) is 116 cm³/mol. The van der Waals surface area contributed by atoms with Crippen LogP contribution in [0.15, 0.2) is 72.3 Å². The van der Waals surface area contributed by atoms with E-state index >= 15 is 0 Å². The Labute approximate surface area is 172 Å². The van der Waals surface area contributed by atoms with Crippen LogP contribution in [0.5, 0.6) is 0 Å². The number of carbonyl (C=O) groups is 1. The molecule has 4 rings (SSSR count). The molecule has 3 heteroatoms. The van der Waals surface area contributed by atoms with Crippen LogP contribution >= 0.6 is 0 Å². The van der Waals surface area contributed by atoms with Crippen LogP contribution in [0.2, 0.25) is 0 Å². The van der Waals surface area contributed by atoms with Crippen molar-refractivity contribution in [1.82, 2.24) is 0 Å². The SMILES string of the molecule is CCCCC(O)OC(=O)C=C(C1C=Cc2ccccc21)C1C=Cc2ccccc21. The molecule has 0 bridgehead atoms. The van der Waals surface area contributed by atoms with Gasteiger partial charge in [-0.2, -0.15) is 0 Å². The fourth-order valence-corrected chi connectivity index (χ4v) is 4.20. The maximum Gasteiger partial charge on any atom is 0.333 e. The van der Waals surface area contributed by atoms with Crippen molar-refractivity contribution in [2.24, 2.45) is 0 Å². The van der Waals surface area contributed by atoms with Gasteiger partial charge in [-0.3, -0.25) is 0 Å². The van der Waals surface area contributed by atoms with Gasteiger partial charge in [0.2, 0.25) is 6.29 Å². The Morgan fingerprint density at radius 1 is 1.00 bits per heavy atom. The zero-order valence-electron chi connectivity index (χ0n) is 16.6. The highest BCUT2D eigenvalue weighted by molar-refractivity contribution is 5.85. The number of aliphatic hydroxyl groups excluding tert-OH is 1. The fraction of sp³-hybridized carbons (Fsp3) is 0.269. The second-order valence-electron chi connectivity index (χ2n) is 7.61. The number of benzene rings is 2. The normalized spacial score (nSPS) is 19.5. The van der Waals surface area contributed by atoms with Gasteiger partial charge in [0.25, 0.3) is 0 Å². The molecule has 0 saturated carbocycles. The quantitative estimate of drug-likeness (QED) is 0.383. The van der Waals surface area contributed by atoms with Gasteiger partial charge < -0.3 is 9.84 Å². The van der Waals surface area contributed by atoms with Gasteiger partial charge in [0.15, 0.2) is 0 Å². The standard InChI is InChI=1S/C26H26O3/c1-2-3-12-25(27)29-26(28)17-24(22-15-13-18-8-4-6-10-20(18)22)23-16-14-19-9-5-7-11-21(19)23/h4-11,13-17,22-23,25,27H,2-3,12H2,1H3. The number of carbonyl (C=O) groups excluding carboxylic acids is 1. The Bertz CT molecular complexity index is 919. The Balaban J connectivity index is 1.67. The second-order valence-corrected chi connectivity index (χ2v) is 7.61. The zero-order valence-corrected chi connectivity index (χ0v) is 16.6. The first-order valence-electron chi connectivity index (χ1n) is 10.3. The molecule has 3 unspecified atom stereocenters. The molecule has 148 valence electrons. The summed E-state index contributed by atoms with van der Waals surface area (Å²) in [6, 6.07) is 16.5. The van der Waals surface area contributed by atoms with E-state index in [1.54, 1.807) is 6.08 Å². The highest BCUT2D eigenvalue weighted by Crippen LogP contribution is 2.45. The summed E-state index contributed by atoms with van der Waals surface area (Å²) in [4.78, 5) is 12.7. The maximum absolute atomic E-state index is 12.7. The highest BCUT2D eigenvalue weighted by atomic mass is 16.6. The fourth-order valence-electron chi connectivity index (χ4n) is 4.20. The van der Waals surface area contributed by atoms with Crippen molar-refractivity contribution in [3.8, 4) is 0 Å². The molecule has 29 heavy (non-hydrogen) atoms. The molecule has 2 aliphatic rings. The Kier molecular flexibility index (Phi) is 5.77. The Morgan fingerprint density at radius 3 is 2.10 bits per heavy atom. The topological polar surface area (TPSA) is 46.5 Å². The summed E-state index contributed by atoms with van der Waals surface area (Å²) in [6.45, 7) is 2.04. The number of hydrogen-bond acceptors (Lipinski definition) is 3. The van der Waals surface area contributed by atoms with Crippen molar-refractivity contribution in [2.75, 3.05) is 0 Å². The molecule has 2 aliphatic carbocycles. The van der Waals surface area contributed by atoms with Crippen molar-refractivity contribution < 1.29 is 14.6 Å². The minimum atomic E-state index is -1.06. The molecule has 0 radical (unpaired) electrons. The van der Waals surface area contributed by atoms with E-state index in [-0.39, 0.29) is 11.8 Å². The van der Waals surface area contributed by atoms with Crippen LogP contribution in [0.4, 0.5) is 0 Å². The van der Waals surface area contributed by atoms with Crippen molar-refractivity contribution in [2.45, 2.75) is 44.3 Å². The second kappa shape index (κ2) is 8.62. The zero-order chi connectivity index (χ0) is 20.2. The summed E-state index contributed by atoms with van der Waals surface area (Å²) >= 11 is 0.